The molecule has 2 aromatic carbocycles. The van der Waals surface area contributed by atoms with E-state index in [0.29, 0.717) is 12.1 Å². The van der Waals surface area contributed by atoms with Crippen molar-refractivity contribution in [2.45, 2.75) is 13.2 Å². The van der Waals surface area contributed by atoms with E-state index in [1.807, 2.05) is 24.3 Å². The number of fused-ring (bicyclic) bond motifs is 2. The van der Waals surface area contributed by atoms with Crippen LogP contribution in [0, 0.1) is 17.5 Å². The lowest BCUT2D eigenvalue weighted by atomic mass is 10.0. The molecule has 0 aliphatic carbocycles. The standard InChI is InChI=1S/C19H11ClF3N5O/c20-17-16(15-13(22)5-12(21)6-14(15)23)18(28-19(26-17)24-9-25-28)27-7-10-3-1-2-4-11(10)8-29-27/h1-6,9H,7-8H2. The molecule has 0 fully saturated rings. The van der Waals surface area contributed by atoms with Gasteiger partial charge in [-0.3, -0.25) is 4.84 Å². The van der Waals surface area contributed by atoms with Crippen molar-refractivity contribution in [1.82, 2.24) is 19.6 Å². The van der Waals surface area contributed by atoms with Gasteiger partial charge in [-0.25, -0.2) is 18.2 Å². The Morgan fingerprint density at radius 3 is 2.48 bits per heavy atom. The smallest absolute Gasteiger partial charge is 0.255 e. The molecule has 29 heavy (non-hydrogen) atoms. The van der Waals surface area contributed by atoms with E-state index >= 15 is 0 Å². The van der Waals surface area contributed by atoms with Crippen molar-refractivity contribution in [2.75, 3.05) is 5.06 Å². The number of hydroxylamine groups is 1. The Balaban J connectivity index is 1.77. The summed E-state index contributed by atoms with van der Waals surface area (Å²) in [6.07, 6.45) is 1.24. The molecule has 10 heteroatoms. The van der Waals surface area contributed by atoms with Crippen LogP contribution in [0.4, 0.5) is 19.0 Å². The van der Waals surface area contributed by atoms with E-state index in [9.17, 15) is 13.2 Å². The number of rotatable bonds is 2. The molecule has 5 rings (SSSR count). The maximum atomic E-state index is 14.6. The first-order chi connectivity index (χ1) is 14.0. The lowest BCUT2D eigenvalue weighted by Crippen LogP contribution is -2.30. The predicted molar refractivity (Wildman–Crippen MR) is 98.5 cm³/mol. The molecule has 3 heterocycles. The van der Waals surface area contributed by atoms with E-state index in [1.165, 1.54) is 15.9 Å². The van der Waals surface area contributed by atoms with E-state index in [2.05, 4.69) is 15.1 Å². The zero-order chi connectivity index (χ0) is 20.1. The summed E-state index contributed by atoms with van der Waals surface area (Å²) in [4.78, 5) is 13.9. The average Bonchev–Trinajstić information content (AvgIpc) is 3.15. The first-order valence-corrected chi connectivity index (χ1v) is 8.92. The Kier molecular flexibility index (Phi) is 4.14. The van der Waals surface area contributed by atoms with E-state index in [1.54, 1.807) is 0 Å². The van der Waals surface area contributed by atoms with Crippen LogP contribution in [0.1, 0.15) is 11.1 Å². The molecular formula is C19H11ClF3N5O. The lowest BCUT2D eigenvalue weighted by Gasteiger charge is -2.31. The van der Waals surface area contributed by atoms with Crippen molar-refractivity contribution >= 4 is 23.2 Å². The number of anilines is 1. The Morgan fingerprint density at radius 2 is 1.72 bits per heavy atom. The molecule has 1 aliphatic heterocycles. The molecule has 6 nitrogen and oxygen atoms in total. The zero-order valence-corrected chi connectivity index (χ0v) is 15.4. The summed E-state index contributed by atoms with van der Waals surface area (Å²) in [7, 11) is 0. The highest BCUT2D eigenvalue weighted by Crippen LogP contribution is 2.40. The number of aromatic nitrogens is 4. The predicted octanol–water partition coefficient (Wildman–Crippen LogP) is 4.31. The first-order valence-electron chi connectivity index (χ1n) is 8.54. The molecule has 1 aliphatic rings. The topological polar surface area (TPSA) is 55.5 Å². The molecule has 0 bridgehead atoms. The Hall–Kier alpha value is -3.17. The molecule has 2 aromatic heterocycles. The molecule has 0 N–H and O–H groups in total. The van der Waals surface area contributed by atoms with Gasteiger partial charge in [0.15, 0.2) is 5.82 Å². The number of hydrogen-bond donors (Lipinski definition) is 0. The van der Waals surface area contributed by atoms with Crippen LogP contribution in [-0.2, 0) is 18.0 Å². The van der Waals surface area contributed by atoms with Crippen LogP contribution in [0.5, 0.6) is 0 Å². The first kappa shape index (κ1) is 17.9. The molecule has 146 valence electrons. The van der Waals surface area contributed by atoms with Gasteiger partial charge < -0.3 is 0 Å². The van der Waals surface area contributed by atoms with Gasteiger partial charge in [0.2, 0.25) is 0 Å². The van der Waals surface area contributed by atoms with Gasteiger partial charge in [0.1, 0.15) is 35.5 Å². The average molecular weight is 418 g/mol. The van der Waals surface area contributed by atoms with Gasteiger partial charge in [0.25, 0.3) is 5.78 Å². The summed E-state index contributed by atoms with van der Waals surface area (Å²) in [5.41, 5.74) is 1.31. The molecular weight excluding hydrogens is 407 g/mol. The summed E-state index contributed by atoms with van der Waals surface area (Å²) in [5, 5.41) is 5.31. The van der Waals surface area contributed by atoms with Gasteiger partial charge in [0, 0.05) is 12.1 Å². The molecule has 0 spiro atoms. The third-order valence-corrected chi connectivity index (χ3v) is 4.93. The number of halogens is 4. The summed E-state index contributed by atoms with van der Waals surface area (Å²) in [6, 6.07) is 8.79. The summed E-state index contributed by atoms with van der Waals surface area (Å²) < 4.78 is 44.0. The largest absolute Gasteiger partial charge is 0.267 e. The van der Waals surface area contributed by atoms with Crippen molar-refractivity contribution in [3.05, 3.63) is 76.5 Å². The Bertz CT molecular complexity index is 1240. The van der Waals surface area contributed by atoms with Gasteiger partial charge in [0.05, 0.1) is 17.7 Å². The molecule has 0 radical (unpaired) electrons. The zero-order valence-electron chi connectivity index (χ0n) is 14.6. The Morgan fingerprint density at radius 1 is 1.00 bits per heavy atom. The lowest BCUT2D eigenvalue weighted by molar-refractivity contribution is 0.0756. The minimum Gasteiger partial charge on any atom is -0.267 e. The molecule has 4 aromatic rings. The van der Waals surface area contributed by atoms with E-state index in [0.717, 1.165) is 11.1 Å². The van der Waals surface area contributed by atoms with Gasteiger partial charge in [-0.15, -0.1) is 0 Å². The minimum absolute atomic E-state index is 0.112. The van der Waals surface area contributed by atoms with Gasteiger partial charge >= 0.3 is 0 Å². The minimum atomic E-state index is -1.12. The number of hydrogen-bond acceptors (Lipinski definition) is 5. The van der Waals surface area contributed by atoms with Gasteiger partial charge in [-0.2, -0.15) is 19.6 Å². The Labute approximate surface area is 167 Å². The van der Waals surface area contributed by atoms with Crippen LogP contribution < -0.4 is 5.06 Å². The number of benzene rings is 2. The van der Waals surface area contributed by atoms with E-state index in [-0.39, 0.29) is 35.5 Å². The fourth-order valence-corrected chi connectivity index (χ4v) is 3.62. The molecule has 0 unspecified atom stereocenters. The third kappa shape index (κ3) is 2.90. The highest BCUT2D eigenvalue weighted by atomic mass is 35.5. The normalized spacial score (nSPS) is 13.7. The second-order valence-corrected chi connectivity index (χ2v) is 6.75. The van der Waals surface area contributed by atoms with Crippen molar-refractivity contribution < 1.29 is 18.0 Å². The molecule has 0 saturated heterocycles. The molecule has 0 amide bonds. The molecule has 0 saturated carbocycles. The SMILES string of the molecule is Fc1cc(F)c(-c2c(Cl)nc3ncnn3c2N2Cc3ccccc3CO2)c(F)c1. The van der Waals surface area contributed by atoms with Crippen LogP contribution in [-0.4, -0.2) is 19.6 Å². The third-order valence-electron chi connectivity index (χ3n) is 4.66. The van der Waals surface area contributed by atoms with Gasteiger partial charge in [-0.1, -0.05) is 35.9 Å². The monoisotopic (exact) mass is 417 g/mol. The highest BCUT2D eigenvalue weighted by molar-refractivity contribution is 6.33. The maximum absolute atomic E-state index is 14.6. The van der Waals surface area contributed by atoms with Crippen LogP contribution in [0.2, 0.25) is 5.15 Å². The van der Waals surface area contributed by atoms with Crippen LogP contribution in [0.25, 0.3) is 16.9 Å². The van der Waals surface area contributed by atoms with Crippen molar-refractivity contribution in [3.8, 4) is 11.1 Å². The van der Waals surface area contributed by atoms with E-state index < -0.39 is 23.0 Å². The summed E-state index contributed by atoms with van der Waals surface area (Å²) >= 11 is 6.30. The van der Waals surface area contributed by atoms with Crippen molar-refractivity contribution in [2.24, 2.45) is 0 Å². The number of nitrogens with zero attached hydrogens (tertiary/aromatic N) is 5. The van der Waals surface area contributed by atoms with Crippen LogP contribution in [0.15, 0.2) is 42.7 Å². The molecule has 0 atom stereocenters. The van der Waals surface area contributed by atoms with Crippen LogP contribution >= 0.6 is 11.6 Å². The second-order valence-electron chi connectivity index (χ2n) is 6.40. The summed E-state index contributed by atoms with van der Waals surface area (Å²) in [6.45, 7) is 0.503. The van der Waals surface area contributed by atoms with Gasteiger partial charge in [-0.05, 0) is 11.1 Å². The maximum Gasteiger partial charge on any atom is 0.255 e. The van der Waals surface area contributed by atoms with Crippen molar-refractivity contribution in [3.63, 3.8) is 0 Å². The quantitative estimate of drug-likeness (QED) is 0.455. The fraction of sp³-hybridized carbons (Fsp3) is 0.105. The fourth-order valence-electron chi connectivity index (χ4n) is 3.37. The van der Waals surface area contributed by atoms with Crippen molar-refractivity contribution in [1.29, 1.82) is 0 Å². The van der Waals surface area contributed by atoms with Crippen LogP contribution in [0.3, 0.4) is 0 Å². The summed E-state index contributed by atoms with van der Waals surface area (Å²) in [5.74, 6) is -3.02. The highest BCUT2D eigenvalue weighted by Gasteiger charge is 2.29. The second kappa shape index (κ2) is 6.71. The van der Waals surface area contributed by atoms with E-state index in [4.69, 9.17) is 16.4 Å².